The number of fused-ring (bicyclic) bond motifs is 4. The first-order valence-corrected chi connectivity index (χ1v) is 8.49. The van der Waals surface area contributed by atoms with Crippen LogP contribution in [0.1, 0.15) is 17.3 Å². The number of carbonyl (C=O) groups is 1. The van der Waals surface area contributed by atoms with Crippen molar-refractivity contribution in [1.29, 1.82) is 0 Å². The molecule has 2 bridgehead atoms. The van der Waals surface area contributed by atoms with E-state index in [0.29, 0.717) is 30.3 Å². The van der Waals surface area contributed by atoms with Crippen LogP contribution in [0.2, 0.25) is 0 Å². The molecule has 0 radical (unpaired) electrons. The van der Waals surface area contributed by atoms with Crippen molar-refractivity contribution < 1.29 is 27.3 Å². The predicted molar refractivity (Wildman–Crippen MR) is 83.6 cm³/mol. The van der Waals surface area contributed by atoms with Crippen molar-refractivity contribution in [3.05, 3.63) is 17.5 Å². The van der Waals surface area contributed by atoms with Crippen molar-refractivity contribution in [2.24, 2.45) is 10.7 Å². The number of nitrogens with two attached hydrogens (primary N) is 1. The normalized spacial score (nSPS) is 19.0. The molecule has 3 rings (SSSR count). The number of aliphatic imine (C=N–C) groups is 1. The Morgan fingerprint density at radius 1 is 1.60 bits per heavy atom. The third-order valence-corrected chi connectivity index (χ3v) is 3.87. The topological polar surface area (TPSA) is 176 Å². The second-order valence-corrected chi connectivity index (χ2v) is 6.09. The van der Waals surface area contributed by atoms with Crippen molar-refractivity contribution in [1.82, 2.24) is 25.2 Å². The Hall–Kier alpha value is -2.26. The standard InChI is InChI=1S/C9H13N5O5S.C2H6N2O/c10-1-2-13-7-4-12-5-8(6(7)3-11-13)14(9(12)15)19-20(16,17)18;1-3-2-4-5/h3,8H,1-2,4-5,10H2,(H,16,17,18);2,5H,1H3,(H,3,4). The van der Waals surface area contributed by atoms with Crippen LogP contribution in [0.4, 0.5) is 4.79 Å². The average Bonchev–Trinajstić information content (AvgIpc) is 3.04. The zero-order chi connectivity index (χ0) is 18.6. The molecule has 2 aliphatic heterocycles. The molecule has 1 unspecified atom stereocenters. The van der Waals surface area contributed by atoms with Crippen LogP contribution >= 0.6 is 0 Å². The van der Waals surface area contributed by atoms with Crippen LogP contribution in [0.3, 0.4) is 0 Å². The van der Waals surface area contributed by atoms with Gasteiger partial charge in [0, 0.05) is 19.2 Å². The summed E-state index contributed by atoms with van der Waals surface area (Å²) in [6.07, 6.45) is 2.74. The van der Waals surface area contributed by atoms with Gasteiger partial charge in [0.2, 0.25) is 0 Å². The van der Waals surface area contributed by atoms with E-state index in [1.807, 2.05) is 0 Å². The Bertz CT molecular complexity index is 748. The summed E-state index contributed by atoms with van der Waals surface area (Å²) >= 11 is 0. The van der Waals surface area contributed by atoms with Crippen molar-refractivity contribution in [2.45, 2.75) is 19.1 Å². The summed E-state index contributed by atoms with van der Waals surface area (Å²) in [5.41, 5.74) is 8.70. The Kier molecular flexibility index (Phi) is 5.91. The lowest BCUT2D eigenvalue weighted by atomic mass is 10.1. The highest BCUT2D eigenvalue weighted by atomic mass is 32.3. The number of nitrogens with one attached hydrogen (secondary N) is 1. The maximum Gasteiger partial charge on any atom is 0.418 e. The molecule has 1 atom stereocenters. The summed E-state index contributed by atoms with van der Waals surface area (Å²) in [7, 11) is -3.20. The fourth-order valence-electron chi connectivity index (χ4n) is 2.61. The predicted octanol–water partition coefficient (Wildman–Crippen LogP) is -1.51. The van der Waals surface area contributed by atoms with Crippen molar-refractivity contribution in [2.75, 3.05) is 20.1 Å². The molecule has 14 heteroatoms. The lowest BCUT2D eigenvalue weighted by Gasteiger charge is -2.22. The lowest BCUT2D eigenvalue weighted by Crippen LogP contribution is -2.32. The van der Waals surface area contributed by atoms with Gasteiger partial charge in [-0.3, -0.25) is 24.9 Å². The Morgan fingerprint density at radius 3 is 2.84 bits per heavy atom. The minimum atomic E-state index is -4.75. The van der Waals surface area contributed by atoms with Crippen LogP contribution in [0, 0.1) is 0 Å². The highest BCUT2D eigenvalue weighted by molar-refractivity contribution is 7.80. The van der Waals surface area contributed by atoms with Gasteiger partial charge in [-0.1, -0.05) is 0 Å². The van der Waals surface area contributed by atoms with Crippen LogP contribution in [0.25, 0.3) is 0 Å². The van der Waals surface area contributed by atoms with Gasteiger partial charge >= 0.3 is 16.4 Å². The van der Waals surface area contributed by atoms with Crippen LogP contribution in [-0.4, -0.2) is 70.4 Å². The summed E-state index contributed by atoms with van der Waals surface area (Å²) < 4.78 is 36.4. The number of carbonyl (C=O) groups excluding carboxylic acids is 1. The van der Waals surface area contributed by atoms with E-state index in [0.717, 1.165) is 5.69 Å². The Labute approximate surface area is 143 Å². The SMILES string of the molecule is CN=CNO.NCCn1ncc2c1CN1CC2N(OS(=O)(=O)O)C1=O. The molecule has 140 valence electrons. The second-order valence-electron chi connectivity index (χ2n) is 5.08. The van der Waals surface area contributed by atoms with Gasteiger partial charge in [-0.25, -0.2) is 4.79 Å². The number of aromatic nitrogens is 2. The smallest absolute Gasteiger partial charge is 0.329 e. The van der Waals surface area contributed by atoms with Crippen LogP contribution in [0.5, 0.6) is 0 Å². The molecule has 1 aromatic heterocycles. The van der Waals surface area contributed by atoms with Crippen LogP contribution in [0.15, 0.2) is 11.2 Å². The second kappa shape index (κ2) is 7.75. The third-order valence-electron chi connectivity index (χ3n) is 3.52. The van der Waals surface area contributed by atoms with Gasteiger partial charge in [0.1, 0.15) is 12.4 Å². The molecular weight excluding hydrogens is 358 g/mol. The number of nitrogens with zero attached hydrogens (tertiary/aromatic N) is 5. The molecule has 1 fully saturated rings. The zero-order valence-corrected chi connectivity index (χ0v) is 14.1. The van der Waals surface area contributed by atoms with E-state index < -0.39 is 22.5 Å². The number of hydrogen-bond donors (Lipinski definition) is 4. The van der Waals surface area contributed by atoms with Gasteiger partial charge in [0.15, 0.2) is 0 Å². The van der Waals surface area contributed by atoms with E-state index >= 15 is 0 Å². The Morgan fingerprint density at radius 2 is 2.32 bits per heavy atom. The number of hydroxylamine groups is 3. The number of hydrogen-bond acceptors (Lipinski definition) is 8. The van der Waals surface area contributed by atoms with Gasteiger partial charge in [-0.05, 0) is 0 Å². The van der Waals surface area contributed by atoms with Crippen LogP contribution < -0.4 is 11.2 Å². The Balaban J connectivity index is 0.000000399. The van der Waals surface area contributed by atoms with E-state index in [1.165, 1.54) is 11.2 Å². The average molecular weight is 377 g/mol. The van der Waals surface area contributed by atoms with Crippen molar-refractivity contribution in [3.63, 3.8) is 0 Å². The van der Waals surface area contributed by atoms with E-state index in [2.05, 4.69) is 14.4 Å². The molecule has 13 nitrogen and oxygen atoms in total. The van der Waals surface area contributed by atoms with E-state index in [9.17, 15) is 13.2 Å². The fraction of sp³-hybridized carbons (Fsp3) is 0.545. The number of rotatable bonds is 5. The molecule has 0 saturated carbocycles. The third kappa shape index (κ3) is 4.23. The number of amides is 2. The molecule has 25 heavy (non-hydrogen) atoms. The summed E-state index contributed by atoms with van der Waals surface area (Å²) in [5, 5.41) is 12.5. The van der Waals surface area contributed by atoms with E-state index in [4.69, 9.17) is 15.5 Å². The maximum absolute atomic E-state index is 12.0. The van der Waals surface area contributed by atoms with Crippen molar-refractivity contribution in [3.8, 4) is 0 Å². The summed E-state index contributed by atoms with van der Waals surface area (Å²) in [4.78, 5) is 16.8. The fourth-order valence-corrected chi connectivity index (χ4v) is 2.98. The van der Waals surface area contributed by atoms with Gasteiger partial charge < -0.3 is 10.6 Å². The molecule has 0 spiro atoms. The largest absolute Gasteiger partial charge is 0.418 e. The summed E-state index contributed by atoms with van der Waals surface area (Å²) in [6, 6.07) is -1.22. The minimum Gasteiger partial charge on any atom is -0.329 e. The van der Waals surface area contributed by atoms with Gasteiger partial charge in [-0.15, -0.1) is 4.28 Å². The molecule has 3 heterocycles. The molecule has 1 aromatic rings. The first-order chi connectivity index (χ1) is 11.8. The molecule has 2 aliphatic rings. The first kappa shape index (κ1) is 19.1. The van der Waals surface area contributed by atoms with E-state index in [1.54, 1.807) is 23.4 Å². The maximum atomic E-state index is 12.0. The van der Waals surface area contributed by atoms with Gasteiger partial charge in [-0.2, -0.15) is 18.6 Å². The molecule has 2 amide bonds. The monoisotopic (exact) mass is 377 g/mol. The quantitative estimate of drug-likeness (QED) is 0.206. The molecule has 0 aliphatic carbocycles. The summed E-state index contributed by atoms with van der Waals surface area (Å²) in [6.45, 7) is 1.49. The molecule has 1 saturated heterocycles. The highest BCUT2D eigenvalue weighted by Crippen LogP contribution is 2.38. The minimum absolute atomic E-state index is 0.287. The summed E-state index contributed by atoms with van der Waals surface area (Å²) in [5.74, 6) is 0. The van der Waals surface area contributed by atoms with Gasteiger partial charge in [0.05, 0.1) is 31.5 Å². The van der Waals surface area contributed by atoms with Gasteiger partial charge in [0.25, 0.3) is 0 Å². The van der Waals surface area contributed by atoms with E-state index in [-0.39, 0.29) is 6.54 Å². The lowest BCUT2D eigenvalue weighted by molar-refractivity contribution is -0.0316. The zero-order valence-electron chi connectivity index (χ0n) is 13.3. The first-order valence-electron chi connectivity index (χ1n) is 7.12. The van der Waals surface area contributed by atoms with Crippen molar-refractivity contribution >= 4 is 22.8 Å². The molecule has 5 N–H and O–H groups in total. The number of urea groups is 1. The van der Waals surface area contributed by atoms with Crippen LogP contribution in [-0.2, 0) is 27.8 Å². The highest BCUT2D eigenvalue weighted by Gasteiger charge is 2.47. The molecule has 0 aromatic carbocycles. The molecular formula is C11H19N7O6S.